The molecular weight excluding hydrogens is 240 g/mol. The van der Waals surface area contributed by atoms with Crippen LogP contribution in [0.5, 0.6) is 0 Å². The lowest BCUT2D eigenvalue weighted by molar-refractivity contribution is 0.668. The summed E-state index contributed by atoms with van der Waals surface area (Å²) in [5, 5.41) is 0. The van der Waals surface area contributed by atoms with Crippen molar-refractivity contribution in [1.82, 2.24) is 0 Å². The van der Waals surface area contributed by atoms with E-state index in [-0.39, 0.29) is 0 Å². The molecule has 0 amide bonds. The lowest BCUT2D eigenvalue weighted by Gasteiger charge is -2.02. The van der Waals surface area contributed by atoms with Crippen LogP contribution in [0.2, 0.25) is 0 Å². The van der Waals surface area contributed by atoms with E-state index in [2.05, 4.69) is 13.8 Å². The van der Waals surface area contributed by atoms with Gasteiger partial charge < -0.3 is 0 Å². The van der Waals surface area contributed by atoms with Crippen LogP contribution in [0.1, 0.15) is 52.4 Å². The zero-order chi connectivity index (χ0) is 12.2. The van der Waals surface area contributed by atoms with Crippen LogP contribution in [-0.2, 0) is 21.6 Å². The van der Waals surface area contributed by atoms with Crippen LogP contribution in [0.15, 0.2) is 0 Å². The van der Waals surface area contributed by atoms with Gasteiger partial charge in [-0.25, -0.2) is 0 Å². The maximum atomic E-state index is 11.5. The third kappa shape index (κ3) is 10.8. The highest BCUT2D eigenvalue weighted by Gasteiger charge is 2.00. The zero-order valence-electron chi connectivity index (χ0n) is 10.7. The summed E-state index contributed by atoms with van der Waals surface area (Å²) in [6.07, 6.45) is 6.34. The average Bonchev–Trinajstić information content (AvgIpc) is 2.26. The lowest BCUT2D eigenvalue weighted by Crippen LogP contribution is -2.04. The van der Waals surface area contributed by atoms with Crippen LogP contribution in [0.3, 0.4) is 0 Å². The standard InChI is InChI=1S/C12H26O2S2/c1-3-5-10-16(14)12-8-6-7-11-15(13)9-4-2/h3-12H2,1-2H3. The minimum absolute atomic E-state index is 0.613. The first-order valence-electron chi connectivity index (χ1n) is 6.40. The molecule has 0 aliphatic heterocycles. The van der Waals surface area contributed by atoms with E-state index in [1.165, 1.54) is 0 Å². The number of unbranched alkanes of at least 4 members (excludes halogenated alkanes) is 3. The van der Waals surface area contributed by atoms with Crippen molar-refractivity contribution in [1.29, 1.82) is 0 Å². The largest absolute Gasteiger partial charge is 0.260 e. The van der Waals surface area contributed by atoms with Crippen molar-refractivity contribution in [2.24, 2.45) is 0 Å². The van der Waals surface area contributed by atoms with Crippen LogP contribution >= 0.6 is 0 Å². The maximum Gasteiger partial charge on any atom is 0.0234 e. The van der Waals surface area contributed by atoms with Crippen molar-refractivity contribution in [3.05, 3.63) is 0 Å². The molecule has 0 rings (SSSR count). The van der Waals surface area contributed by atoms with Gasteiger partial charge in [0, 0.05) is 44.6 Å². The van der Waals surface area contributed by atoms with Crippen LogP contribution in [0, 0.1) is 0 Å². The van der Waals surface area contributed by atoms with E-state index in [1.54, 1.807) is 0 Å². The molecule has 0 radical (unpaired) electrons. The first kappa shape index (κ1) is 16.3. The fourth-order valence-electron chi connectivity index (χ4n) is 1.44. The molecule has 2 nitrogen and oxygen atoms in total. The Bertz CT molecular complexity index is 205. The first-order chi connectivity index (χ1) is 7.70. The summed E-state index contributed by atoms with van der Waals surface area (Å²) in [7, 11) is -1.23. The molecule has 0 saturated carbocycles. The summed E-state index contributed by atoms with van der Waals surface area (Å²) in [5.41, 5.74) is 0. The van der Waals surface area contributed by atoms with Gasteiger partial charge in [0.1, 0.15) is 0 Å². The van der Waals surface area contributed by atoms with Crippen molar-refractivity contribution in [2.45, 2.75) is 52.4 Å². The molecule has 98 valence electrons. The van der Waals surface area contributed by atoms with E-state index >= 15 is 0 Å². The van der Waals surface area contributed by atoms with Crippen molar-refractivity contribution in [3.63, 3.8) is 0 Å². The maximum absolute atomic E-state index is 11.5. The summed E-state index contributed by atoms with van der Waals surface area (Å²) in [5.74, 6) is 3.36. The summed E-state index contributed by atoms with van der Waals surface area (Å²) in [6, 6.07) is 0. The molecule has 16 heavy (non-hydrogen) atoms. The predicted octanol–water partition coefficient (Wildman–Crippen LogP) is 2.86. The summed E-state index contributed by atoms with van der Waals surface area (Å²) in [6.45, 7) is 4.19. The van der Waals surface area contributed by atoms with Gasteiger partial charge in [-0.15, -0.1) is 0 Å². The van der Waals surface area contributed by atoms with Gasteiger partial charge in [-0.1, -0.05) is 26.7 Å². The first-order valence-corrected chi connectivity index (χ1v) is 9.38. The van der Waals surface area contributed by atoms with Gasteiger partial charge in [0.05, 0.1) is 0 Å². The van der Waals surface area contributed by atoms with E-state index in [0.717, 1.165) is 61.5 Å². The molecule has 2 unspecified atom stereocenters. The number of hydrogen-bond acceptors (Lipinski definition) is 2. The number of hydrogen-bond donors (Lipinski definition) is 0. The van der Waals surface area contributed by atoms with Crippen LogP contribution in [-0.4, -0.2) is 31.4 Å². The third-order valence-electron chi connectivity index (χ3n) is 2.40. The van der Waals surface area contributed by atoms with E-state index in [1.807, 2.05) is 0 Å². The van der Waals surface area contributed by atoms with Gasteiger partial charge in [0.2, 0.25) is 0 Å². The van der Waals surface area contributed by atoms with Gasteiger partial charge in [-0.2, -0.15) is 0 Å². The summed E-state index contributed by atoms with van der Waals surface area (Å²) in [4.78, 5) is 0. The monoisotopic (exact) mass is 266 g/mol. The molecule has 0 fully saturated rings. The fraction of sp³-hybridized carbons (Fsp3) is 1.00. The molecule has 0 aromatic carbocycles. The lowest BCUT2D eigenvalue weighted by atomic mass is 10.3. The highest BCUT2D eigenvalue weighted by atomic mass is 32.2. The Morgan fingerprint density at radius 2 is 1.12 bits per heavy atom. The molecular formula is C12H26O2S2. The average molecular weight is 266 g/mol. The van der Waals surface area contributed by atoms with Crippen molar-refractivity contribution >= 4 is 21.6 Å². The van der Waals surface area contributed by atoms with Crippen LogP contribution in [0.4, 0.5) is 0 Å². The Morgan fingerprint density at radius 3 is 1.62 bits per heavy atom. The predicted molar refractivity (Wildman–Crippen MR) is 74.8 cm³/mol. The van der Waals surface area contributed by atoms with Gasteiger partial charge >= 0.3 is 0 Å². The molecule has 0 spiro atoms. The Balaban J connectivity index is 3.26. The van der Waals surface area contributed by atoms with Gasteiger partial charge in [-0.05, 0) is 25.7 Å². The molecule has 0 heterocycles. The van der Waals surface area contributed by atoms with Gasteiger partial charge in [0.25, 0.3) is 0 Å². The van der Waals surface area contributed by atoms with Crippen molar-refractivity contribution in [3.8, 4) is 0 Å². The SMILES string of the molecule is CCCCS(=O)CCCCCS(=O)CCC. The second-order valence-electron chi connectivity index (χ2n) is 4.11. The zero-order valence-corrected chi connectivity index (χ0v) is 12.3. The molecule has 2 atom stereocenters. The summed E-state index contributed by atoms with van der Waals surface area (Å²) < 4.78 is 22.8. The second-order valence-corrected chi connectivity index (χ2v) is 7.50. The molecule has 0 bridgehead atoms. The highest BCUT2D eigenvalue weighted by molar-refractivity contribution is 7.85. The van der Waals surface area contributed by atoms with E-state index < -0.39 is 21.6 Å². The van der Waals surface area contributed by atoms with Gasteiger partial charge in [-0.3, -0.25) is 8.42 Å². The van der Waals surface area contributed by atoms with Crippen molar-refractivity contribution < 1.29 is 8.42 Å². The number of rotatable bonds is 11. The van der Waals surface area contributed by atoms with Crippen LogP contribution < -0.4 is 0 Å². The quantitative estimate of drug-likeness (QED) is 0.539. The molecule has 0 aromatic rings. The van der Waals surface area contributed by atoms with E-state index in [9.17, 15) is 8.42 Å². The second kappa shape index (κ2) is 11.8. The Morgan fingerprint density at radius 1 is 0.625 bits per heavy atom. The summed E-state index contributed by atoms with van der Waals surface area (Å²) >= 11 is 0. The fourth-order valence-corrected chi connectivity index (χ4v) is 3.97. The normalized spacial score (nSPS) is 14.9. The smallest absolute Gasteiger partial charge is 0.0234 e. The Kier molecular flexibility index (Phi) is 12.0. The topological polar surface area (TPSA) is 34.1 Å². The molecule has 0 saturated heterocycles. The Hall–Kier alpha value is 0.300. The molecule has 0 aromatic heterocycles. The van der Waals surface area contributed by atoms with E-state index in [0.29, 0.717) is 0 Å². The highest BCUT2D eigenvalue weighted by Crippen LogP contribution is 2.02. The van der Waals surface area contributed by atoms with Gasteiger partial charge in [0.15, 0.2) is 0 Å². The molecule has 0 aliphatic carbocycles. The molecule has 0 N–H and O–H groups in total. The minimum atomic E-state index is -0.615. The van der Waals surface area contributed by atoms with Crippen molar-refractivity contribution in [2.75, 3.05) is 23.0 Å². The Labute approximate surface area is 106 Å². The van der Waals surface area contributed by atoms with Crippen LogP contribution in [0.25, 0.3) is 0 Å². The van der Waals surface area contributed by atoms with E-state index in [4.69, 9.17) is 0 Å². The minimum Gasteiger partial charge on any atom is -0.260 e. The third-order valence-corrected chi connectivity index (χ3v) is 5.50. The molecule has 4 heteroatoms. The molecule has 0 aliphatic rings.